The second kappa shape index (κ2) is 5.98. The molecule has 0 saturated heterocycles. The maximum Gasteiger partial charge on any atom is 0.228 e. The zero-order valence-corrected chi connectivity index (χ0v) is 10.7. The van der Waals surface area contributed by atoms with Crippen LogP contribution in [-0.2, 0) is 9.59 Å². The SMILES string of the molecule is O=C(Nc1ccc(F)cc1F)[C@H]1CCCC[C@H]1C(=O)[O-]. The monoisotopic (exact) mass is 282 g/mol. The molecule has 0 aliphatic heterocycles. The summed E-state index contributed by atoms with van der Waals surface area (Å²) >= 11 is 0. The molecule has 1 amide bonds. The first-order chi connectivity index (χ1) is 9.49. The topological polar surface area (TPSA) is 69.2 Å². The number of amides is 1. The van der Waals surface area contributed by atoms with Crippen molar-refractivity contribution in [1.29, 1.82) is 0 Å². The van der Waals surface area contributed by atoms with E-state index < -0.39 is 35.3 Å². The summed E-state index contributed by atoms with van der Waals surface area (Å²) in [6.07, 6.45) is 2.28. The summed E-state index contributed by atoms with van der Waals surface area (Å²) in [6, 6.07) is 2.79. The van der Waals surface area contributed by atoms with E-state index in [-0.39, 0.29) is 5.69 Å². The molecular weight excluding hydrogens is 268 g/mol. The molecule has 1 N–H and O–H groups in total. The molecule has 1 aromatic carbocycles. The highest BCUT2D eigenvalue weighted by Crippen LogP contribution is 2.31. The Morgan fingerprint density at radius 1 is 1.15 bits per heavy atom. The van der Waals surface area contributed by atoms with Gasteiger partial charge in [-0.1, -0.05) is 12.8 Å². The van der Waals surface area contributed by atoms with Gasteiger partial charge in [0.25, 0.3) is 0 Å². The molecule has 20 heavy (non-hydrogen) atoms. The average Bonchev–Trinajstić information content (AvgIpc) is 2.41. The Balaban J connectivity index is 2.12. The van der Waals surface area contributed by atoms with Gasteiger partial charge in [-0.05, 0) is 25.0 Å². The molecule has 0 aromatic heterocycles. The second-order valence-corrected chi connectivity index (χ2v) is 4.93. The lowest BCUT2D eigenvalue weighted by atomic mass is 9.78. The number of hydrogen-bond acceptors (Lipinski definition) is 3. The van der Waals surface area contributed by atoms with Crippen molar-refractivity contribution in [1.82, 2.24) is 0 Å². The number of anilines is 1. The van der Waals surface area contributed by atoms with E-state index in [1.54, 1.807) is 0 Å². The Labute approximate surface area is 114 Å². The van der Waals surface area contributed by atoms with Crippen LogP contribution in [0.2, 0.25) is 0 Å². The van der Waals surface area contributed by atoms with Crippen LogP contribution in [0.15, 0.2) is 18.2 Å². The van der Waals surface area contributed by atoms with Crippen LogP contribution in [0.1, 0.15) is 25.7 Å². The Morgan fingerprint density at radius 3 is 2.40 bits per heavy atom. The third kappa shape index (κ3) is 3.12. The number of carbonyl (C=O) groups is 2. The summed E-state index contributed by atoms with van der Waals surface area (Å²) in [7, 11) is 0. The largest absolute Gasteiger partial charge is 0.550 e. The van der Waals surface area contributed by atoms with Crippen LogP contribution < -0.4 is 10.4 Å². The van der Waals surface area contributed by atoms with Crippen molar-refractivity contribution in [2.24, 2.45) is 11.8 Å². The van der Waals surface area contributed by atoms with Crippen molar-refractivity contribution in [2.75, 3.05) is 5.32 Å². The van der Waals surface area contributed by atoms with Crippen molar-refractivity contribution < 1.29 is 23.5 Å². The summed E-state index contributed by atoms with van der Waals surface area (Å²) in [4.78, 5) is 23.1. The molecule has 108 valence electrons. The van der Waals surface area contributed by atoms with Gasteiger partial charge in [-0.2, -0.15) is 0 Å². The fourth-order valence-corrected chi connectivity index (χ4v) is 2.54. The summed E-state index contributed by atoms with van der Waals surface area (Å²) in [6.45, 7) is 0. The molecule has 2 atom stereocenters. The Hall–Kier alpha value is -1.98. The minimum atomic E-state index is -1.26. The quantitative estimate of drug-likeness (QED) is 0.912. The molecule has 2 rings (SSSR count). The van der Waals surface area contributed by atoms with E-state index in [4.69, 9.17) is 0 Å². The number of carbonyl (C=O) groups excluding carboxylic acids is 2. The average molecular weight is 282 g/mol. The first kappa shape index (κ1) is 14.4. The van der Waals surface area contributed by atoms with Gasteiger partial charge in [-0.15, -0.1) is 0 Å². The zero-order valence-electron chi connectivity index (χ0n) is 10.7. The van der Waals surface area contributed by atoms with Gasteiger partial charge in [-0.25, -0.2) is 8.78 Å². The van der Waals surface area contributed by atoms with E-state index in [0.717, 1.165) is 25.0 Å². The van der Waals surface area contributed by atoms with Crippen LogP contribution in [0.4, 0.5) is 14.5 Å². The number of halogens is 2. The molecule has 6 heteroatoms. The van der Waals surface area contributed by atoms with E-state index in [0.29, 0.717) is 18.9 Å². The number of carboxylic acid groups (broad SMARTS) is 1. The summed E-state index contributed by atoms with van der Waals surface area (Å²) in [5.74, 6) is -5.05. The third-order valence-corrected chi connectivity index (χ3v) is 3.59. The van der Waals surface area contributed by atoms with Gasteiger partial charge in [0.1, 0.15) is 11.6 Å². The van der Waals surface area contributed by atoms with Crippen LogP contribution in [0.5, 0.6) is 0 Å². The van der Waals surface area contributed by atoms with Gasteiger partial charge in [-0.3, -0.25) is 4.79 Å². The van der Waals surface area contributed by atoms with Crippen molar-refractivity contribution in [2.45, 2.75) is 25.7 Å². The number of hydrogen-bond donors (Lipinski definition) is 1. The maximum atomic E-state index is 13.5. The van der Waals surface area contributed by atoms with Crippen molar-refractivity contribution in [3.05, 3.63) is 29.8 Å². The highest BCUT2D eigenvalue weighted by Gasteiger charge is 2.32. The minimum Gasteiger partial charge on any atom is -0.550 e. The van der Waals surface area contributed by atoms with Crippen LogP contribution in [0.3, 0.4) is 0 Å². The lowest BCUT2D eigenvalue weighted by molar-refractivity contribution is -0.313. The number of aliphatic carboxylic acids is 1. The first-order valence-corrected chi connectivity index (χ1v) is 6.46. The molecule has 1 fully saturated rings. The maximum absolute atomic E-state index is 13.5. The number of rotatable bonds is 3. The van der Waals surface area contributed by atoms with E-state index in [1.165, 1.54) is 0 Å². The van der Waals surface area contributed by atoms with Crippen LogP contribution >= 0.6 is 0 Å². The van der Waals surface area contributed by atoms with Crippen LogP contribution in [0.25, 0.3) is 0 Å². The molecule has 4 nitrogen and oxygen atoms in total. The van der Waals surface area contributed by atoms with E-state index in [9.17, 15) is 23.5 Å². The van der Waals surface area contributed by atoms with Gasteiger partial charge in [0.15, 0.2) is 0 Å². The van der Waals surface area contributed by atoms with E-state index in [1.807, 2.05) is 0 Å². The Kier molecular flexibility index (Phi) is 4.32. The first-order valence-electron chi connectivity index (χ1n) is 6.46. The van der Waals surface area contributed by atoms with E-state index >= 15 is 0 Å². The number of nitrogens with one attached hydrogen (secondary N) is 1. The molecule has 1 aliphatic carbocycles. The van der Waals surface area contributed by atoms with Gasteiger partial charge in [0.05, 0.1) is 5.69 Å². The summed E-state index contributed by atoms with van der Waals surface area (Å²) < 4.78 is 26.2. The highest BCUT2D eigenvalue weighted by molar-refractivity contribution is 5.95. The number of carboxylic acids is 1. The van der Waals surface area contributed by atoms with Crippen molar-refractivity contribution in [3.8, 4) is 0 Å². The van der Waals surface area contributed by atoms with Crippen molar-refractivity contribution >= 4 is 17.6 Å². The molecule has 1 aromatic rings. The third-order valence-electron chi connectivity index (χ3n) is 3.59. The van der Waals surface area contributed by atoms with Crippen molar-refractivity contribution in [3.63, 3.8) is 0 Å². The highest BCUT2D eigenvalue weighted by atomic mass is 19.1. The summed E-state index contributed by atoms with van der Waals surface area (Å²) in [5.41, 5.74) is -0.154. The van der Waals surface area contributed by atoms with E-state index in [2.05, 4.69) is 5.32 Å². The predicted molar refractivity (Wildman–Crippen MR) is 65.4 cm³/mol. The lowest BCUT2D eigenvalue weighted by Crippen LogP contribution is -2.42. The smallest absolute Gasteiger partial charge is 0.228 e. The molecule has 0 spiro atoms. The lowest BCUT2D eigenvalue weighted by Gasteiger charge is -2.31. The molecule has 0 radical (unpaired) electrons. The van der Waals surface area contributed by atoms with Gasteiger partial charge in [0, 0.05) is 23.9 Å². The molecule has 1 saturated carbocycles. The Morgan fingerprint density at radius 2 is 1.80 bits per heavy atom. The predicted octanol–water partition coefficient (Wildman–Crippen LogP) is 1.46. The molecule has 0 bridgehead atoms. The van der Waals surface area contributed by atoms with Gasteiger partial charge < -0.3 is 15.2 Å². The van der Waals surface area contributed by atoms with Gasteiger partial charge >= 0.3 is 0 Å². The molecule has 0 heterocycles. The molecule has 1 aliphatic rings. The minimum absolute atomic E-state index is 0.154. The zero-order chi connectivity index (χ0) is 14.7. The van der Waals surface area contributed by atoms with Crippen LogP contribution in [-0.4, -0.2) is 11.9 Å². The summed E-state index contributed by atoms with van der Waals surface area (Å²) in [5, 5.41) is 13.3. The fraction of sp³-hybridized carbons (Fsp3) is 0.429. The molecule has 0 unspecified atom stereocenters. The van der Waals surface area contributed by atoms with Crippen LogP contribution in [0, 0.1) is 23.5 Å². The second-order valence-electron chi connectivity index (χ2n) is 4.93. The normalized spacial score (nSPS) is 22.3. The standard InChI is InChI=1S/C14H15F2NO3/c15-8-5-6-12(11(16)7-8)17-13(18)9-3-1-2-4-10(9)14(19)20/h5-7,9-10H,1-4H2,(H,17,18)(H,19,20)/p-1/t9-,10+/m0/s1. The fourth-order valence-electron chi connectivity index (χ4n) is 2.54. The molecular formula is C14H14F2NO3-. The number of benzene rings is 1. The Bertz CT molecular complexity index is 533. The van der Waals surface area contributed by atoms with Gasteiger partial charge in [0.2, 0.25) is 5.91 Å².